The summed E-state index contributed by atoms with van der Waals surface area (Å²) in [5.74, 6) is 0.484. The Morgan fingerprint density at radius 1 is 1.47 bits per heavy atom. The third kappa shape index (κ3) is 3.21. The molecular formula is C11H20N6O2. The minimum atomic E-state index is -0.379. The highest BCUT2D eigenvalue weighted by atomic mass is 16.6. The molecule has 8 heteroatoms. The van der Waals surface area contributed by atoms with Crippen molar-refractivity contribution in [2.75, 3.05) is 44.6 Å². The Morgan fingerprint density at radius 2 is 2.16 bits per heavy atom. The largest absolute Gasteiger partial charge is 0.363 e. The molecule has 1 aliphatic rings. The molecule has 0 bridgehead atoms. The first-order valence-corrected chi connectivity index (χ1v) is 6.44. The van der Waals surface area contributed by atoms with Gasteiger partial charge >= 0.3 is 5.69 Å². The van der Waals surface area contributed by atoms with Crippen LogP contribution in [0.1, 0.15) is 5.69 Å². The molecule has 0 atom stereocenters. The van der Waals surface area contributed by atoms with E-state index in [1.54, 1.807) is 14.0 Å². The van der Waals surface area contributed by atoms with Gasteiger partial charge in [0.1, 0.15) is 5.69 Å². The summed E-state index contributed by atoms with van der Waals surface area (Å²) in [6.07, 6.45) is 0. The molecule has 0 radical (unpaired) electrons. The molecule has 0 amide bonds. The lowest BCUT2D eigenvalue weighted by Crippen LogP contribution is -2.45. The van der Waals surface area contributed by atoms with Crippen LogP contribution in [0.4, 0.5) is 11.5 Å². The van der Waals surface area contributed by atoms with Crippen molar-refractivity contribution in [3.8, 4) is 0 Å². The predicted molar refractivity (Wildman–Crippen MR) is 72.4 cm³/mol. The quantitative estimate of drug-likeness (QED) is 0.575. The van der Waals surface area contributed by atoms with Crippen molar-refractivity contribution in [3.63, 3.8) is 0 Å². The van der Waals surface area contributed by atoms with Gasteiger partial charge in [0.25, 0.3) is 0 Å². The topological polar surface area (TPSA) is 88.3 Å². The monoisotopic (exact) mass is 268 g/mol. The second-order valence-corrected chi connectivity index (χ2v) is 4.68. The molecule has 106 valence electrons. The van der Waals surface area contributed by atoms with Crippen LogP contribution in [0.25, 0.3) is 0 Å². The molecule has 2 N–H and O–H groups in total. The summed E-state index contributed by atoms with van der Waals surface area (Å²) in [6.45, 7) is 7.26. The van der Waals surface area contributed by atoms with Crippen molar-refractivity contribution >= 4 is 11.5 Å². The third-order valence-corrected chi connectivity index (χ3v) is 3.30. The summed E-state index contributed by atoms with van der Waals surface area (Å²) in [7, 11) is 1.72. The van der Waals surface area contributed by atoms with Crippen LogP contribution in [0, 0.1) is 17.0 Å². The summed E-state index contributed by atoms with van der Waals surface area (Å²) in [5, 5.41) is 21.5. The van der Waals surface area contributed by atoms with Crippen LogP contribution in [0.5, 0.6) is 0 Å². The van der Waals surface area contributed by atoms with Crippen LogP contribution in [0.3, 0.4) is 0 Å². The zero-order chi connectivity index (χ0) is 13.8. The van der Waals surface area contributed by atoms with Gasteiger partial charge in [-0.25, -0.2) is 4.68 Å². The molecular weight excluding hydrogens is 248 g/mol. The Labute approximate surface area is 111 Å². The number of aryl methyl sites for hydroxylation is 2. The summed E-state index contributed by atoms with van der Waals surface area (Å²) >= 11 is 0. The van der Waals surface area contributed by atoms with Gasteiger partial charge in [0, 0.05) is 46.3 Å². The van der Waals surface area contributed by atoms with Crippen LogP contribution in [0.2, 0.25) is 0 Å². The van der Waals surface area contributed by atoms with Crippen LogP contribution in [-0.4, -0.2) is 58.9 Å². The summed E-state index contributed by atoms with van der Waals surface area (Å²) < 4.78 is 1.53. The predicted octanol–water partition coefficient (Wildman–Crippen LogP) is -0.0462. The molecule has 2 rings (SSSR count). The third-order valence-electron chi connectivity index (χ3n) is 3.30. The second-order valence-electron chi connectivity index (χ2n) is 4.68. The van der Waals surface area contributed by atoms with Gasteiger partial charge in [0.15, 0.2) is 0 Å². The van der Waals surface area contributed by atoms with Gasteiger partial charge in [-0.2, -0.15) is 5.10 Å². The number of anilines is 1. The zero-order valence-electron chi connectivity index (χ0n) is 11.3. The Balaban J connectivity index is 1.93. The van der Waals surface area contributed by atoms with Crippen molar-refractivity contribution in [1.29, 1.82) is 0 Å². The van der Waals surface area contributed by atoms with Gasteiger partial charge in [-0.15, -0.1) is 0 Å². The number of piperazine rings is 1. The number of hydrogen-bond donors (Lipinski definition) is 2. The standard InChI is InChI=1S/C11H20N6O2/c1-9-10(17(18)19)11(15(2)14-9)13-5-8-16-6-3-12-4-7-16/h12-13H,3-8H2,1-2H3. The first-order chi connectivity index (χ1) is 9.09. The van der Waals surface area contributed by atoms with Crippen LogP contribution >= 0.6 is 0 Å². The summed E-state index contributed by atoms with van der Waals surface area (Å²) in [6, 6.07) is 0. The van der Waals surface area contributed by atoms with Crippen LogP contribution in [0.15, 0.2) is 0 Å². The highest BCUT2D eigenvalue weighted by Gasteiger charge is 2.23. The van der Waals surface area contributed by atoms with Gasteiger partial charge in [0.2, 0.25) is 5.82 Å². The van der Waals surface area contributed by atoms with Crippen molar-refractivity contribution in [3.05, 3.63) is 15.8 Å². The van der Waals surface area contributed by atoms with Gasteiger partial charge < -0.3 is 10.6 Å². The van der Waals surface area contributed by atoms with E-state index in [0.717, 1.165) is 32.7 Å². The fraction of sp³-hybridized carbons (Fsp3) is 0.727. The number of aromatic nitrogens is 2. The molecule has 0 aromatic carbocycles. The van der Waals surface area contributed by atoms with Gasteiger partial charge in [-0.05, 0) is 6.92 Å². The molecule has 2 heterocycles. The fourth-order valence-electron chi connectivity index (χ4n) is 2.33. The van der Waals surface area contributed by atoms with E-state index in [4.69, 9.17) is 0 Å². The van der Waals surface area contributed by atoms with Crippen LogP contribution in [-0.2, 0) is 7.05 Å². The highest BCUT2D eigenvalue weighted by Crippen LogP contribution is 2.26. The lowest BCUT2D eigenvalue weighted by molar-refractivity contribution is -0.384. The molecule has 1 aliphatic heterocycles. The number of nitro groups is 1. The van der Waals surface area contributed by atoms with E-state index < -0.39 is 0 Å². The maximum atomic E-state index is 11.0. The van der Waals surface area contributed by atoms with Crippen LogP contribution < -0.4 is 10.6 Å². The van der Waals surface area contributed by atoms with Gasteiger partial charge in [-0.1, -0.05) is 0 Å². The van der Waals surface area contributed by atoms with Crippen molar-refractivity contribution < 1.29 is 4.92 Å². The number of rotatable bonds is 5. The fourth-order valence-corrected chi connectivity index (χ4v) is 2.33. The van der Waals surface area contributed by atoms with Gasteiger partial charge in [0.05, 0.1) is 4.92 Å². The maximum Gasteiger partial charge on any atom is 0.333 e. The molecule has 0 unspecified atom stereocenters. The normalized spacial score (nSPS) is 16.5. The van der Waals surface area contributed by atoms with E-state index in [1.165, 1.54) is 4.68 Å². The lowest BCUT2D eigenvalue weighted by atomic mass is 10.3. The van der Waals surface area contributed by atoms with Gasteiger partial charge in [-0.3, -0.25) is 15.0 Å². The number of nitrogens with zero attached hydrogens (tertiary/aromatic N) is 4. The molecule has 1 saturated heterocycles. The second kappa shape index (κ2) is 5.98. The molecule has 1 aromatic rings. The van der Waals surface area contributed by atoms with E-state index in [0.29, 0.717) is 18.1 Å². The SMILES string of the molecule is Cc1nn(C)c(NCCN2CCNCC2)c1[N+](=O)[O-]. The van der Waals surface area contributed by atoms with Crippen molar-refractivity contribution in [2.24, 2.45) is 7.05 Å². The summed E-state index contributed by atoms with van der Waals surface area (Å²) in [4.78, 5) is 13.0. The Hall–Kier alpha value is -1.67. The number of hydrogen-bond acceptors (Lipinski definition) is 6. The van der Waals surface area contributed by atoms with E-state index in [2.05, 4.69) is 20.6 Å². The molecule has 1 fully saturated rings. The van der Waals surface area contributed by atoms with E-state index >= 15 is 0 Å². The minimum Gasteiger partial charge on any atom is -0.363 e. The average Bonchev–Trinajstić information content (AvgIpc) is 2.65. The van der Waals surface area contributed by atoms with E-state index in [1.807, 2.05) is 0 Å². The van der Waals surface area contributed by atoms with E-state index in [9.17, 15) is 10.1 Å². The molecule has 0 aliphatic carbocycles. The molecule has 1 aromatic heterocycles. The molecule has 8 nitrogen and oxygen atoms in total. The Bertz CT molecular complexity index is 452. The van der Waals surface area contributed by atoms with E-state index in [-0.39, 0.29) is 10.6 Å². The maximum absolute atomic E-state index is 11.0. The number of nitrogens with one attached hydrogen (secondary N) is 2. The van der Waals surface area contributed by atoms with Crippen molar-refractivity contribution in [1.82, 2.24) is 20.0 Å². The molecule has 0 spiro atoms. The highest BCUT2D eigenvalue weighted by molar-refractivity contribution is 5.59. The Morgan fingerprint density at radius 3 is 2.79 bits per heavy atom. The van der Waals surface area contributed by atoms with Crippen molar-refractivity contribution in [2.45, 2.75) is 6.92 Å². The Kier molecular flexibility index (Phi) is 4.33. The summed E-state index contributed by atoms with van der Waals surface area (Å²) in [5.41, 5.74) is 0.514. The first kappa shape index (κ1) is 13.8. The zero-order valence-corrected chi connectivity index (χ0v) is 11.3. The average molecular weight is 268 g/mol. The first-order valence-electron chi connectivity index (χ1n) is 6.44. The minimum absolute atomic E-state index is 0.0720. The smallest absolute Gasteiger partial charge is 0.333 e. The molecule has 0 saturated carbocycles. The lowest BCUT2D eigenvalue weighted by Gasteiger charge is -2.27. The molecule has 19 heavy (non-hydrogen) atoms.